The van der Waals surface area contributed by atoms with Crippen LogP contribution >= 0.6 is 0 Å². The maximum Gasteiger partial charge on any atom is 0.223 e. The van der Waals surface area contributed by atoms with Crippen LogP contribution in [0.3, 0.4) is 0 Å². The molecule has 0 heterocycles. The van der Waals surface area contributed by atoms with E-state index in [-0.39, 0.29) is 24.0 Å². The summed E-state index contributed by atoms with van der Waals surface area (Å²) in [5, 5.41) is 3.06. The molecule has 0 unspecified atom stereocenters. The average molecular weight is 334 g/mol. The molecule has 24 heavy (non-hydrogen) atoms. The first-order valence-corrected chi connectivity index (χ1v) is 8.92. The van der Waals surface area contributed by atoms with E-state index in [1.54, 1.807) is 7.11 Å². The van der Waals surface area contributed by atoms with Gasteiger partial charge in [0.2, 0.25) is 5.91 Å². The highest BCUT2D eigenvalue weighted by Crippen LogP contribution is 2.25. The van der Waals surface area contributed by atoms with E-state index < -0.39 is 0 Å². The summed E-state index contributed by atoms with van der Waals surface area (Å²) in [6, 6.07) is 8.13. The molecule has 3 N–H and O–H groups in total. The van der Waals surface area contributed by atoms with E-state index in [2.05, 4.69) is 11.4 Å². The number of hydrogen-bond donors (Lipinski definition) is 2. The maximum absolute atomic E-state index is 12.3. The number of carbonyl (C=O) groups excluding carboxylic acids is 1. The third kappa shape index (κ3) is 5.21. The van der Waals surface area contributed by atoms with Gasteiger partial charge >= 0.3 is 0 Å². The van der Waals surface area contributed by atoms with Crippen LogP contribution < -0.4 is 15.8 Å². The van der Waals surface area contributed by atoms with E-state index in [9.17, 15) is 4.79 Å². The molecule has 2 rings (SSSR count). The van der Waals surface area contributed by atoms with Crippen LogP contribution in [0.2, 0.25) is 0 Å². The van der Waals surface area contributed by atoms with Crippen molar-refractivity contribution in [2.75, 3.05) is 20.3 Å². The fourth-order valence-electron chi connectivity index (χ4n) is 3.30. The van der Waals surface area contributed by atoms with Gasteiger partial charge in [-0.3, -0.25) is 4.79 Å². The third-order valence-electron chi connectivity index (χ3n) is 4.71. The van der Waals surface area contributed by atoms with Crippen molar-refractivity contribution in [3.63, 3.8) is 0 Å². The average Bonchev–Trinajstić information content (AvgIpc) is 2.60. The highest BCUT2D eigenvalue weighted by atomic mass is 16.5. The summed E-state index contributed by atoms with van der Waals surface area (Å²) in [6.45, 7) is 3.33. The van der Waals surface area contributed by atoms with Gasteiger partial charge in [-0.25, -0.2) is 0 Å². The molecule has 0 bridgehead atoms. The van der Waals surface area contributed by atoms with Crippen molar-refractivity contribution in [3.05, 3.63) is 29.8 Å². The number of hydrogen-bond acceptors (Lipinski definition) is 4. The van der Waals surface area contributed by atoms with E-state index in [0.29, 0.717) is 13.2 Å². The van der Waals surface area contributed by atoms with Gasteiger partial charge in [-0.05, 0) is 50.7 Å². The number of rotatable bonds is 8. The zero-order valence-electron chi connectivity index (χ0n) is 14.8. The van der Waals surface area contributed by atoms with E-state index >= 15 is 0 Å². The molecule has 0 aromatic heterocycles. The number of aryl methyl sites for hydroxylation is 1. The lowest BCUT2D eigenvalue weighted by Gasteiger charge is -2.32. The van der Waals surface area contributed by atoms with Crippen molar-refractivity contribution in [1.82, 2.24) is 5.32 Å². The van der Waals surface area contributed by atoms with Crippen LogP contribution in [0.25, 0.3) is 0 Å². The summed E-state index contributed by atoms with van der Waals surface area (Å²) in [7, 11) is 1.67. The number of nitrogens with two attached hydrogens (primary N) is 1. The SMILES string of the molecule is CCOc1ccccc1CCCNC(=O)[C@H]1CC[C@@H](N)[C@H](OC)C1. The predicted octanol–water partition coefficient (Wildman–Crippen LogP) is 2.28. The topological polar surface area (TPSA) is 73.6 Å². The zero-order chi connectivity index (χ0) is 17.4. The molecule has 5 nitrogen and oxygen atoms in total. The lowest BCUT2D eigenvalue weighted by atomic mass is 9.83. The Morgan fingerprint density at radius 1 is 1.33 bits per heavy atom. The van der Waals surface area contributed by atoms with Gasteiger partial charge in [-0.1, -0.05) is 18.2 Å². The Morgan fingerprint density at radius 2 is 2.12 bits per heavy atom. The van der Waals surface area contributed by atoms with Crippen LogP contribution in [0.4, 0.5) is 0 Å². The highest BCUT2D eigenvalue weighted by molar-refractivity contribution is 5.78. The zero-order valence-corrected chi connectivity index (χ0v) is 14.8. The second-order valence-corrected chi connectivity index (χ2v) is 6.38. The molecule has 0 radical (unpaired) electrons. The number of carbonyl (C=O) groups is 1. The van der Waals surface area contributed by atoms with Crippen LogP contribution in [-0.4, -0.2) is 38.3 Å². The molecule has 1 aromatic carbocycles. The normalized spacial score (nSPS) is 23.7. The molecule has 1 amide bonds. The quantitative estimate of drug-likeness (QED) is 0.715. The lowest BCUT2D eigenvalue weighted by Crippen LogP contribution is -2.45. The predicted molar refractivity (Wildman–Crippen MR) is 95.1 cm³/mol. The summed E-state index contributed by atoms with van der Waals surface area (Å²) in [4.78, 5) is 12.3. The van der Waals surface area contributed by atoms with Crippen molar-refractivity contribution in [2.45, 2.75) is 51.2 Å². The Bertz CT molecular complexity index is 521. The lowest BCUT2D eigenvalue weighted by molar-refractivity contribution is -0.127. The number of nitrogens with one attached hydrogen (secondary N) is 1. The first-order chi connectivity index (χ1) is 11.7. The number of methoxy groups -OCH3 is 1. The molecule has 1 aromatic rings. The Balaban J connectivity index is 1.73. The van der Waals surface area contributed by atoms with Gasteiger partial charge in [-0.15, -0.1) is 0 Å². The number of ether oxygens (including phenoxy) is 2. The summed E-state index contributed by atoms with van der Waals surface area (Å²) < 4.78 is 11.0. The third-order valence-corrected chi connectivity index (χ3v) is 4.71. The van der Waals surface area contributed by atoms with Crippen LogP contribution in [-0.2, 0) is 16.0 Å². The minimum Gasteiger partial charge on any atom is -0.494 e. The Morgan fingerprint density at radius 3 is 2.88 bits per heavy atom. The number of amides is 1. The Kier molecular flexibility index (Phi) is 7.53. The highest BCUT2D eigenvalue weighted by Gasteiger charge is 2.31. The van der Waals surface area contributed by atoms with Gasteiger partial charge in [0.25, 0.3) is 0 Å². The molecular formula is C19H30N2O3. The van der Waals surface area contributed by atoms with Crippen LogP contribution in [0.15, 0.2) is 24.3 Å². The fourth-order valence-corrected chi connectivity index (χ4v) is 3.30. The van der Waals surface area contributed by atoms with Crippen LogP contribution in [0, 0.1) is 5.92 Å². The maximum atomic E-state index is 12.3. The smallest absolute Gasteiger partial charge is 0.223 e. The van der Waals surface area contributed by atoms with Gasteiger partial charge < -0.3 is 20.5 Å². The minimum atomic E-state index is -0.00688. The Labute approximate surface area is 144 Å². The molecule has 0 spiro atoms. The van der Waals surface area contributed by atoms with Gasteiger partial charge in [0.05, 0.1) is 12.7 Å². The van der Waals surface area contributed by atoms with Crippen LogP contribution in [0.1, 0.15) is 38.2 Å². The number of para-hydroxylation sites is 1. The second-order valence-electron chi connectivity index (χ2n) is 6.38. The molecule has 0 aliphatic heterocycles. The van der Waals surface area contributed by atoms with E-state index in [1.807, 2.05) is 25.1 Å². The first-order valence-electron chi connectivity index (χ1n) is 8.92. The van der Waals surface area contributed by atoms with E-state index in [1.165, 1.54) is 5.56 Å². The van der Waals surface area contributed by atoms with Crippen molar-refractivity contribution in [1.29, 1.82) is 0 Å². The van der Waals surface area contributed by atoms with Gasteiger partial charge in [-0.2, -0.15) is 0 Å². The van der Waals surface area contributed by atoms with E-state index in [4.69, 9.17) is 15.2 Å². The number of benzene rings is 1. The molecule has 1 aliphatic rings. The first kappa shape index (κ1) is 18.7. The molecule has 0 saturated heterocycles. The molecule has 134 valence electrons. The van der Waals surface area contributed by atoms with Crippen LogP contribution in [0.5, 0.6) is 5.75 Å². The second kappa shape index (κ2) is 9.64. The molecule has 5 heteroatoms. The molecule has 1 fully saturated rings. The fraction of sp³-hybridized carbons (Fsp3) is 0.632. The van der Waals surface area contributed by atoms with Gasteiger partial charge in [0.15, 0.2) is 0 Å². The van der Waals surface area contributed by atoms with Crippen molar-refractivity contribution >= 4 is 5.91 Å². The summed E-state index contributed by atoms with van der Waals surface area (Å²) in [5.74, 6) is 1.09. The van der Waals surface area contributed by atoms with Crippen molar-refractivity contribution < 1.29 is 14.3 Å². The summed E-state index contributed by atoms with van der Waals surface area (Å²) >= 11 is 0. The summed E-state index contributed by atoms with van der Waals surface area (Å²) in [6.07, 6.45) is 4.20. The van der Waals surface area contributed by atoms with Crippen molar-refractivity contribution in [3.8, 4) is 5.75 Å². The molecular weight excluding hydrogens is 304 g/mol. The monoisotopic (exact) mass is 334 g/mol. The standard InChI is InChI=1S/C19H30N2O3/c1-3-24-17-9-5-4-7-14(17)8-6-12-21-19(22)15-10-11-16(20)18(13-15)23-2/h4-5,7,9,15-16,18H,3,6,8,10-13,20H2,1-2H3,(H,21,22)/t15-,16+,18+/m0/s1. The Hall–Kier alpha value is -1.59. The molecule has 3 atom stereocenters. The van der Waals surface area contributed by atoms with Gasteiger partial charge in [0.1, 0.15) is 5.75 Å². The molecule has 1 saturated carbocycles. The molecule has 1 aliphatic carbocycles. The van der Waals surface area contributed by atoms with Crippen molar-refractivity contribution in [2.24, 2.45) is 11.7 Å². The van der Waals surface area contributed by atoms with Gasteiger partial charge in [0, 0.05) is 25.6 Å². The summed E-state index contributed by atoms with van der Waals surface area (Å²) in [5.41, 5.74) is 7.20. The largest absolute Gasteiger partial charge is 0.494 e. The van der Waals surface area contributed by atoms with E-state index in [0.717, 1.165) is 37.9 Å². The minimum absolute atomic E-state index is 0.00688.